The first-order valence-corrected chi connectivity index (χ1v) is 4.75. The minimum Gasteiger partial charge on any atom is -0.341 e. The van der Waals surface area contributed by atoms with Crippen molar-refractivity contribution in [1.82, 2.24) is 5.32 Å². The maximum atomic E-state index is 11.1. The number of carbonyl (C=O) groups is 1. The molecule has 0 atom stereocenters. The summed E-state index contributed by atoms with van der Waals surface area (Å²) in [5.74, 6) is 0. The van der Waals surface area contributed by atoms with Crippen LogP contribution in [0, 0.1) is 6.92 Å². The second-order valence-electron chi connectivity index (χ2n) is 3.21. The standard InChI is InChI=1S/C11H16N2O/c1-4-9-6-5-8(2)10(7-9)13-11(14)12-3/h5-7H,4H2,1-3H3,(H2,12,13,14). The molecule has 0 aliphatic rings. The Bertz CT molecular complexity index is 334. The number of urea groups is 1. The van der Waals surface area contributed by atoms with Gasteiger partial charge in [0.2, 0.25) is 0 Å². The van der Waals surface area contributed by atoms with E-state index in [2.05, 4.69) is 23.6 Å². The van der Waals surface area contributed by atoms with Crippen LogP contribution in [-0.2, 0) is 6.42 Å². The molecule has 0 radical (unpaired) electrons. The van der Waals surface area contributed by atoms with Crippen molar-refractivity contribution >= 4 is 11.7 Å². The molecule has 0 spiro atoms. The minimum absolute atomic E-state index is 0.179. The number of amides is 2. The van der Waals surface area contributed by atoms with E-state index in [0.29, 0.717) is 0 Å². The summed E-state index contributed by atoms with van der Waals surface area (Å²) in [6.07, 6.45) is 0.975. The van der Waals surface area contributed by atoms with Gasteiger partial charge in [0.05, 0.1) is 0 Å². The topological polar surface area (TPSA) is 41.1 Å². The normalized spacial score (nSPS) is 9.64. The Hall–Kier alpha value is -1.51. The molecule has 0 aliphatic heterocycles. The van der Waals surface area contributed by atoms with E-state index in [1.807, 2.05) is 19.1 Å². The van der Waals surface area contributed by atoms with Crippen molar-refractivity contribution in [2.24, 2.45) is 0 Å². The fourth-order valence-corrected chi connectivity index (χ4v) is 1.21. The number of hydrogen-bond acceptors (Lipinski definition) is 1. The molecule has 1 aromatic rings. The van der Waals surface area contributed by atoms with Crippen LogP contribution >= 0.6 is 0 Å². The molecule has 3 nitrogen and oxygen atoms in total. The van der Waals surface area contributed by atoms with Crippen LogP contribution in [0.4, 0.5) is 10.5 Å². The molecule has 0 unspecified atom stereocenters. The van der Waals surface area contributed by atoms with Crippen LogP contribution in [0.3, 0.4) is 0 Å². The van der Waals surface area contributed by atoms with E-state index in [1.54, 1.807) is 7.05 Å². The van der Waals surface area contributed by atoms with E-state index >= 15 is 0 Å². The summed E-state index contributed by atoms with van der Waals surface area (Å²) < 4.78 is 0. The van der Waals surface area contributed by atoms with E-state index in [-0.39, 0.29) is 6.03 Å². The summed E-state index contributed by atoms with van der Waals surface area (Å²) in [7, 11) is 1.61. The number of anilines is 1. The van der Waals surface area contributed by atoms with Crippen molar-refractivity contribution in [3.05, 3.63) is 29.3 Å². The molecule has 0 saturated carbocycles. The molecule has 0 aliphatic carbocycles. The molecule has 2 amide bonds. The molecular formula is C11H16N2O. The van der Waals surface area contributed by atoms with E-state index in [0.717, 1.165) is 17.7 Å². The Morgan fingerprint density at radius 2 is 2.14 bits per heavy atom. The van der Waals surface area contributed by atoms with Gasteiger partial charge in [-0.25, -0.2) is 4.79 Å². The highest BCUT2D eigenvalue weighted by molar-refractivity contribution is 5.89. The van der Waals surface area contributed by atoms with Crippen LogP contribution in [0.25, 0.3) is 0 Å². The minimum atomic E-state index is -0.179. The van der Waals surface area contributed by atoms with Gasteiger partial charge in [0.25, 0.3) is 0 Å². The second kappa shape index (κ2) is 4.65. The molecule has 2 N–H and O–H groups in total. The summed E-state index contributed by atoms with van der Waals surface area (Å²) in [6.45, 7) is 4.07. The Kier molecular flexibility index (Phi) is 3.51. The Balaban J connectivity index is 2.89. The molecule has 0 bridgehead atoms. The monoisotopic (exact) mass is 192 g/mol. The number of benzene rings is 1. The third-order valence-corrected chi connectivity index (χ3v) is 2.19. The predicted molar refractivity (Wildman–Crippen MR) is 58.6 cm³/mol. The largest absolute Gasteiger partial charge is 0.341 e. The number of aryl methyl sites for hydroxylation is 2. The summed E-state index contributed by atoms with van der Waals surface area (Å²) in [5.41, 5.74) is 3.18. The number of carbonyl (C=O) groups excluding carboxylic acids is 1. The third-order valence-electron chi connectivity index (χ3n) is 2.19. The number of nitrogens with one attached hydrogen (secondary N) is 2. The zero-order chi connectivity index (χ0) is 10.6. The van der Waals surface area contributed by atoms with E-state index < -0.39 is 0 Å². The van der Waals surface area contributed by atoms with Crippen molar-refractivity contribution in [3.8, 4) is 0 Å². The fourth-order valence-electron chi connectivity index (χ4n) is 1.21. The van der Waals surface area contributed by atoms with Crippen LogP contribution in [0.15, 0.2) is 18.2 Å². The maximum Gasteiger partial charge on any atom is 0.318 e. The molecule has 0 heterocycles. The molecule has 1 rings (SSSR count). The molecular weight excluding hydrogens is 176 g/mol. The summed E-state index contributed by atoms with van der Waals surface area (Å²) in [5, 5.41) is 5.31. The fraction of sp³-hybridized carbons (Fsp3) is 0.364. The molecule has 3 heteroatoms. The third kappa shape index (κ3) is 2.49. The first-order valence-electron chi connectivity index (χ1n) is 4.75. The van der Waals surface area contributed by atoms with Gasteiger partial charge in [-0.3, -0.25) is 0 Å². The highest BCUT2D eigenvalue weighted by atomic mass is 16.2. The van der Waals surface area contributed by atoms with Gasteiger partial charge in [0, 0.05) is 12.7 Å². The van der Waals surface area contributed by atoms with Crippen molar-refractivity contribution in [2.75, 3.05) is 12.4 Å². The van der Waals surface area contributed by atoms with E-state index in [1.165, 1.54) is 5.56 Å². The van der Waals surface area contributed by atoms with Crippen LogP contribution in [-0.4, -0.2) is 13.1 Å². The lowest BCUT2D eigenvalue weighted by molar-refractivity contribution is 0.254. The molecule has 0 fully saturated rings. The van der Waals surface area contributed by atoms with Gasteiger partial charge in [-0.05, 0) is 30.5 Å². The highest BCUT2D eigenvalue weighted by Crippen LogP contribution is 2.16. The average molecular weight is 192 g/mol. The predicted octanol–water partition coefficient (Wildman–Crippen LogP) is 2.31. The van der Waals surface area contributed by atoms with Crippen LogP contribution < -0.4 is 10.6 Å². The van der Waals surface area contributed by atoms with Gasteiger partial charge in [-0.2, -0.15) is 0 Å². The molecule has 0 aromatic heterocycles. The zero-order valence-electron chi connectivity index (χ0n) is 8.85. The van der Waals surface area contributed by atoms with Gasteiger partial charge in [-0.1, -0.05) is 19.1 Å². The molecule has 1 aromatic carbocycles. The van der Waals surface area contributed by atoms with Gasteiger partial charge in [-0.15, -0.1) is 0 Å². The van der Waals surface area contributed by atoms with Crippen LogP contribution in [0.2, 0.25) is 0 Å². The smallest absolute Gasteiger partial charge is 0.318 e. The van der Waals surface area contributed by atoms with Crippen LogP contribution in [0.5, 0.6) is 0 Å². The highest BCUT2D eigenvalue weighted by Gasteiger charge is 2.02. The number of hydrogen-bond donors (Lipinski definition) is 2. The van der Waals surface area contributed by atoms with Gasteiger partial charge in [0.1, 0.15) is 0 Å². The summed E-state index contributed by atoms with van der Waals surface area (Å²) >= 11 is 0. The van der Waals surface area contributed by atoms with Gasteiger partial charge < -0.3 is 10.6 Å². The van der Waals surface area contributed by atoms with Gasteiger partial charge >= 0.3 is 6.03 Å². The lowest BCUT2D eigenvalue weighted by Crippen LogP contribution is -2.24. The van der Waals surface area contributed by atoms with Crippen LogP contribution in [0.1, 0.15) is 18.1 Å². The van der Waals surface area contributed by atoms with Crippen molar-refractivity contribution in [1.29, 1.82) is 0 Å². The summed E-state index contributed by atoms with van der Waals surface area (Å²) in [6, 6.07) is 5.92. The van der Waals surface area contributed by atoms with Gasteiger partial charge in [0.15, 0.2) is 0 Å². The van der Waals surface area contributed by atoms with Crippen molar-refractivity contribution in [3.63, 3.8) is 0 Å². The lowest BCUT2D eigenvalue weighted by atomic mass is 10.1. The SMILES string of the molecule is CCc1ccc(C)c(NC(=O)NC)c1. The zero-order valence-corrected chi connectivity index (χ0v) is 8.85. The Morgan fingerprint density at radius 1 is 1.43 bits per heavy atom. The van der Waals surface area contributed by atoms with E-state index in [9.17, 15) is 4.79 Å². The first-order chi connectivity index (χ1) is 6.67. The Morgan fingerprint density at radius 3 is 2.71 bits per heavy atom. The van der Waals surface area contributed by atoms with Crippen molar-refractivity contribution < 1.29 is 4.79 Å². The average Bonchev–Trinajstić information content (AvgIpc) is 2.21. The Labute approximate surface area is 84.5 Å². The quantitative estimate of drug-likeness (QED) is 0.741. The lowest BCUT2D eigenvalue weighted by Gasteiger charge is -2.09. The molecule has 0 saturated heterocycles. The van der Waals surface area contributed by atoms with Crippen molar-refractivity contribution in [2.45, 2.75) is 20.3 Å². The summed E-state index contributed by atoms with van der Waals surface area (Å²) in [4.78, 5) is 11.1. The molecule has 14 heavy (non-hydrogen) atoms. The molecule has 76 valence electrons. The van der Waals surface area contributed by atoms with E-state index in [4.69, 9.17) is 0 Å². The number of rotatable bonds is 2. The maximum absolute atomic E-state index is 11.1. The first kappa shape index (κ1) is 10.6. The second-order valence-corrected chi connectivity index (χ2v) is 3.21.